The Hall–Kier alpha value is -0.920. The Kier molecular flexibility index (Phi) is 4.44. The third kappa shape index (κ3) is 3.53. The monoisotopic (exact) mass is 181 g/mol. The zero-order valence-electron chi connectivity index (χ0n) is 8.46. The molecule has 0 spiro atoms. The number of ether oxygens (including phenoxy) is 1. The topological polar surface area (TPSA) is 12.5 Å². The fourth-order valence-corrected chi connectivity index (χ4v) is 1.51. The molecular weight excluding hydrogens is 162 g/mol. The Bertz CT molecular complexity index is 181. The third-order valence-corrected chi connectivity index (χ3v) is 2.29. The van der Waals surface area contributed by atoms with Crippen molar-refractivity contribution < 1.29 is 4.74 Å². The van der Waals surface area contributed by atoms with Gasteiger partial charge in [-0.15, -0.1) is 0 Å². The number of hydrogen-bond acceptors (Lipinski definition) is 2. The van der Waals surface area contributed by atoms with Crippen LogP contribution < -0.4 is 0 Å². The van der Waals surface area contributed by atoms with E-state index in [1.54, 1.807) is 6.26 Å². The Morgan fingerprint density at radius 2 is 2.08 bits per heavy atom. The van der Waals surface area contributed by atoms with E-state index >= 15 is 0 Å². The van der Waals surface area contributed by atoms with Gasteiger partial charge in [-0.1, -0.05) is 6.58 Å². The van der Waals surface area contributed by atoms with Crippen molar-refractivity contribution in [3.05, 3.63) is 24.6 Å². The van der Waals surface area contributed by atoms with Crippen LogP contribution in [0, 0.1) is 0 Å². The maximum absolute atomic E-state index is 5.13. The molecule has 2 nitrogen and oxygen atoms in total. The molecule has 0 amide bonds. The zero-order valence-corrected chi connectivity index (χ0v) is 8.46. The molecule has 0 radical (unpaired) electrons. The molecule has 0 aromatic rings. The van der Waals surface area contributed by atoms with Crippen LogP contribution in [-0.4, -0.2) is 24.6 Å². The molecule has 1 aliphatic heterocycles. The van der Waals surface area contributed by atoms with Crippen LogP contribution in [-0.2, 0) is 4.74 Å². The second-order valence-electron chi connectivity index (χ2n) is 3.30. The number of hydrogen-bond donors (Lipinski definition) is 0. The van der Waals surface area contributed by atoms with Gasteiger partial charge in [-0.25, -0.2) is 0 Å². The van der Waals surface area contributed by atoms with Gasteiger partial charge in [0.15, 0.2) is 0 Å². The molecule has 0 saturated carbocycles. The summed E-state index contributed by atoms with van der Waals surface area (Å²) in [5.41, 5.74) is 1.08. The molecule has 0 bridgehead atoms. The smallest absolute Gasteiger partial charge is 0.0849 e. The zero-order chi connectivity index (χ0) is 9.52. The van der Waals surface area contributed by atoms with E-state index < -0.39 is 0 Å². The molecular formula is C11H19NO. The minimum absolute atomic E-state index is 0.726. The lowest BCUT2D eigenvalue weighted by Gasteiger charge is -2.28. The van der Waals surface area contributed by atoms with Crippen molar-refractivity contribution in [2.45, 2.75) is 26.2 Å². The lowest BCUT2D eigenvalue weighted by atomic mass is 10.1. The van der Waals surface area contributed by atoms with Crippen LogP contribution in [0.4, 0.5) is 0 Å². The molecule has 1 rings (SSSR count). The van der Waals surface area contributed by atoms with Crippen LogP contribution in [0.1, 0.15) is 26.2 Å². The van der Waals surface area contributed by atoms with E-state index in [0.717, 1.165) is 25.4 Å². The molecule has 0 aromatic carbocycles. The molecule has 1 heterocycles. The first-order valence-corrected chi connectivity index (χ1v) is 5.06. The van der Waals surface area contributed by atoms with Gasteiger partial charge in [-0.2, -0.15) is 0 Å². The second kappa shape index (κ2) is 5.68. The van der Waals surface area contributed by atoms with E-state index in [1.807, 2.05) is 13.0 Å². The van der Waals surface area contributed by atoms with Crippen LogP contribution in [0.15, 0.2) is 24.6 Å². The van der Waals surface area contributed by atoms with Gasteiger partial charge in [0, 0.05) is 18.8 Å². The van der Waals surface area contributed by atoms with E-state index in [9.17, 15) is 0 Å². The first-order valence-electron chi connectivity index (χ1n) is 5.06. The van der Waals surface area contributed by atoms with E-state index in [2.05, 4.69) is 11.5 Å². The van der Waals surface area contributed by atoms with Gasteiger partial charge in [0.05, 0.1) is 12.9 Å². The molecule has 0 N–H and O–H groups in total. The summed E-state index contributed by atoms with van der Waals surface area (Å²) in [6.07, 6.45) is 7.63. The molecule has 1 aliphatic rings. The molecule has 0 aliphatic carbocycles. The number of allylic oxidation sites excluding steroid dienone is 1. The molecule has 1 saturated heterocycles. The van der Waals surface area contributed by atoms with Gasteiger partial charge < -0.3 is 9.64 Å². The van der Waals surface area contributed by atoms with Crippen molar-refractivity contribution in [2.75, 3.05) is 19.7 Å². The van der Waals surface area contributed by atoms with E-state index in [4.69, 9.17) is 4.74 Å². The van der Waals surface area contributed by atoms with Crippen LogP contribution in [0.25, 0.3) is 0 Å². The van der Waals surface area contributed by atoms with Crippen LogP contribution >= 0.6 is 0 Å². The second-order valence-corrected chi connectivity index (χ2v) is 3.30. The van der Waals surface area contributed by atoms with Gasteiger partial charge in [0.25, 0.3) is 0 Å². The molecule has 0 unspecified atom stereocenters. The highest BCUT2D eigenvalue weighted by Gasteiger charge is 2.09. The molecule has 2 heteroatoms. The Balaban J connectivity index is 2.28. The first-order chi connectivity index (χ1) is 6.34. The van der Waals surface area contributed by atoms with Crippen LogP contribution in [0.2, 0.25) is 0 Å². The molecule has 0 atom stereocenters. The number of likely N-dealkylation sites (tertiary alicyclic amines) is 1. The fourth-order valence-electron chi connectivity index (χ4n) is 1.51. The van der Waals surface area contributed by atoms with Gasteiger partial charge in [-0.3, -0.25) is 0 Å². The maximum atomic E-state index is 5.13. The average molecular weight is 181 g/mol. The van der Waals surface area contributed by atoms with Crippen LogP contribution in [0.3, 0.4) is 0 Å². The predicted octanol–water partition coefficient (Wildman–Crippen LogP) is 2.54. The van der Waals surface area contributed by atoms with E-state index in [0.29, 0.717) is 0 Å². The number of nitrogens with zero attached hydrogens (tertiary/aromatic N) is 1. The van der Waals surface area contributed by atoms with Gasteiger partial charge in [0.1, 0.15) is 0 Å². The van der Waals surface area contributed by atoms with Crippen molar-refractivity contribution in [1.82, 2.24) is 4.90 Å². The highest BCUT2D eigenvalue weighted by atomic mass is 16.5. The third-order valence-electron chi connectivity index (χ3n) is 2.29. The normalized spacial score (nSPS) is 17.8. The number of piperidine rings is 1. The maximum Gasteiger partial charge on any atom is 0.0849 e. The summed E-state index contributed by atoms with van der Waals surface area (Å²) in [7, 11) is 0. The highest BCUT2D eigenvalue weighted by molar-refractivity contribution is 5.11. The predicted molar refractivity (Wildman–Crippen MR) is 55.3 cm³/mol. The molecule has 1 fully saturated rings. The summed E-state index contributed by atoms with van der Waals surface area (Å²) in [6, 6.07) is 0. The average Bonchev–Trinajstić information content (AvgIpc) is 2.19. The quantitative estimate of drug-likeness (QED) is 0.488. The van der Waals surface area contributed by atoms with Gasteiger partial charge in [0.2, 0.25) is 0 Å². The molecule has 13 heavy (non-hydrogen) atoms. The van der Waals surface area contributed by atoms with Crippen LogP contribution in [0.5, 0.6) is 0 Å². The fraction of sp³-hybridized carbons (Fsp3) is 0.636. The van der Waals surface area contributed by atoms with Gasteiger partial charge >= 0.3 is 0 Å². The van der Waals surface area contributed by atoms with Gasteiger partial charge in [-0.05, 0) is 32.3 Å². The van der Waals surface area contributed by atoms with Crippen molar-refractivity contribution in [3.63, 3.8) is 0 Å². The highest BCUT2D eigenvalue weighted by Crippen LogP contribution is 2.13. The molecule has 74 valence electrons. The largest absolute Gasteiger partial charge is 0.501 e. The first kappa shape index (κ1) is 10.2. The number of rotatable bonds is 4. The summed E-state index contributed by atoms with van der Waals surface area (Å²) in [6.45, 7) is 9.01. The van der Waals surface area contributed by atoms with Crippen molar-refractivity contribution >= 4 is 0 Å². The molecule has 0 aromatic heterocycles. The SMILES string of the molecule is C=C(C=COCC)N1CCCCC1. The minimum atomic E-state index is 0.726. The lowest BCUT2D eigenvalue weighted by Crippen LogP contribution is -2.27. The Morgan fingerprint density at radius 3 is 2.69 bits per heavy atom. The Morgan fingerprint density at radius 1 is 1.38 bits per heavy atom. The Labute approximate surface area is 80.9 Å². The van der Waals surface area contributed by atoms with Crippen molar-refractivity contribution in [1.29, 1.82) is 0 Å². The minimum Gasteiger partial charge on any atom is -0.501 e. The summed E-state index contributed by atoms with van der Waals surface area (Å²) < 4.78 is 5.13. The van der Waals surface area contributed by atoms with Crippen molar-refractivity contribution in [3.8, 4) is 0 Å². The van der Waals surface area contributed by atoms with E-state index in [-0.39, 0.29) is 0 Å². The van der Waals surface area contributed by atoms with Crippen molar-refractivity contribution in [2.24, 2.45) is 0 Å². The summed E-state index contributed by atoms with van der Waals surface area (Å²) in [5.74, 6) is 0. The lowest BCUT2D eigenvalue weighted by molar-refractivity contribution is 0.263. The standard InChI is InChI=1S/C11H19NO/c1-3-13-10-7-11(2)12-8-5-4-6-9-12/h7,10H,2-6,8-9H2,1H3. The summed E-state index contributed by atoms with van der Waals surface area (Å²) >= 11 is 0. The summed E-state index contributed by atoms with van der Waals surface area (Å²) in [4.78, 5) is 2.32. The summed E-state index contributed by atoms with van der Waals surface area (Å²) in [5, 5.41) is 0. The van der Waals surface area contributed by atoms with E-state index in [1.165, 1.54) is 19.3 Å².